The van der Waals surface area contributed by atoms with Crippen molar-refractivity contribution >= 4 is 0 Å². The monoisotopic (exact) mass is 180 g/mol. The quantitative estimate of drug-likeness (QED) is 0.567. The molecule has 0 aliphatic rings. The van der Waals surface area contributed by atoms with Gasteiger partial charge < -0.3 is 0 Å². The minimum atomic E-state index is -0.168. The van der Waals surface area contributed by atoms with Crippen LogP contribution in [-0.4, -0.2) is 0 Å². The van der Waals surface area contributed by atoms with Gasteiger partial charge in [0.1, 0.15) is 0 Å². The average Bonchev–Trinajstić information content (AvgIpc) is 2.10. The van der Waals surface area contributed by atoms with E-state index >= 15 is 0 Å². The van der Waals surface area contributed by atoms with Crippen molar-refractivity contribution in [3.8, 4) is 0 Å². The third-order valence-electron chi connectivity index (χ3n) is 1.72. The van der Waals surface area contributed by atoms with E-state index in [1.54, 1.807) is 6.08 Å². The predicted molar refractivity (Wildman–Crippen MR) is 57.2 cm³/mol. The minimum Gasteiger partial charge on any atom is -0.212 e. The summed E-state index contributed by atoms with van der Waals surface area (Å²) in [5.74, 6) is -0.168. The van der Waals surface area contributed by atoms with Gasteiger partial charge in [0.15, 0.2) is 0 Å². The van der Waals surface area contributed by atoms with Crippen molar-refractivity contribution in [2.45, 2.75) is 27.7 Å². The zero-order valence-electron chi connectivity index (χ0n) is 8.76. The fourth-order valence-electron chi connectivity index (χ4n) is 0.743. The topological polar surface area (TPSA) is 0 Å². The first kappa shape index (κ1) is 11.9. The van der Waals surface area contributed by atoms with Crippen molar-refractivity contribution < 1.29 is 4.39 Å². The van der Waals surface area contributed by atoms with E-state index in [2.05, 4.69) is 0 Å². The third-order valence-corrected chi connectivity index (χ3v) is 1.72. The van der Waals surface area contributed by atoms with E-state index < -0.39 is 0 Å². The summed E-state index contributed by atoms with van der Waals surface area (Å²) in [6.45, 7) is 7.38. The summed E-state index contributed by atoms with van der Waals surface area (Å²) in [6, 6.07) is 0. The first-order valence-electron chi connectivity index (χ1n) is 4.38. The molecule has 0 saturated heterocycles. The molecule has 0 aromatic heterocycles. The lowest BCUT2D eigenvalue weighted by Crippen LogP contribution is -1.77. The van der Waals surface area contributed by atoms with Gasteiger partial charge in [0, 0.05) is 0 Å². The largest absolute Gasteiger partial charge is 0.212 e. The molecule has 0 spiro atoms. The highest BCUT2D eigenvalue weighted by molar-refractivity contribution is 5.33. The van der Waals surface area contributed by atoms with Crippen molar-refractivity contribution in [1.82, 2.24) is 0 Å². The summed E-state index contributed by atoms with van der Waals surface area (Å²) in [5, 5.41) is 0. The predicted octanol–water partition coefficient (Wildman–Crippen LogP) is 4.33. The molecular weight excluding hydrogens is 163 g/mol. The van der Waals surface area contributed by atoms with Crippen LogP contribution < -0.4 is 0 Å². The van der Waals surface area contributed by atoms with Crippen LogP contribution in [0.2, 0.25) is 0 Å². The van der Waals surface area contributed by atoms with Crippen LogP contribution in [-0.2, 0) is 0 Å². The lowest BCUT2D eigenvalue weighted by molar-refractivity contribution is 0.640. The van der Waals surface area contributed by atoms with E-state index in [9.17, 15) is 4.39 Å². The normalized spacial score (nSPS) is 15.6. The Morgan fingerprint density at radius 3 is 1.92 bits per heavy atom. The Hall–Kier alpha value is -1.11. The first-order valence-corrected chi connectivity index (χ1v) is 4.38. The molecule has 0 bridgehead atoms. The van der Waals surface area contributed by atoms with E-state index in [-0.39, 0.29) is 5.83 Å². The fourth-order valence-corrected chi connectivity index (χ4v) is 0.743. The molecule has 0 aliphatic heterocycles. The highest BCUT2D eigenvalue weighted by Crippen LogP contribution is 2.09. The first-order chi connectivity index (χ1) is 6.07. The van der Waals surface area contributed by atoms with Crippen LogP contribution >= 0.6 is 0 Å². The van der Waals surface area contributed by atoms with Crippen molar-refractivity contribution in [3.63, 3.8) is 0 Å². The molecule has 13 heavy (non-hydrogen) atoms. The van der Waals surface area contributed by atoms with E-state index in [0.29, 0.717) is 0 Å². The molecule has 0 atom stereocenters. The molecule has 0 saturated carbocycles. The van der Waals surface area contributed by atoms with Crippen LogP contribution in [0.4, 0.5) is 4.39 Å². The van der Waals surface area contributed by atoms with Gasteiger partial charge >= 0.3 is 0 Å². The van der Waals surface area contributed by atoms with E-state index in [1.807, 2.05) is 39.0 Å². The summed E-state index contributed by atoms with van der Waals surface area (Å²) in [4.78, 5) is 0. The zero-order chi connectivity index (χ0) is 10.3. The second-order valence-corrected chi connectivity index (χ2v) is 2.98. The average molecular weight is 180 g/mol. The summed E-state index contributed by atoms with van der Waals surface area (Å²) in [7, 11) is 0. The van der Waals surface area contributed by atoms with Gasteiger partial charge in [0.2, 0.25) is 0 Å². The maximum absolute atomic E-state index is 12.4. The van der Waals surface area contributed by atoms with Gasteiger partial charge in [-0.3, -0.25) is 0 Å². The van der Waals surface area contributed by atoms with E-state index in [0.717, 1.165) is 11.1 Å². The summed E-state index contributed by atoms with van der Waals surface area (Å²) in [6.07, 6.45) is 9.20. The Balaban J connectivity index is 4.50. The Morgan fingerprint density at radius 2 is 1.46 bits per heavy atom. The van der Waals surface area contributed by atoms with Crippen LogP contribution in [0.1, 0.15) is 27.7 Å². The molecule has 0 heterocycles. The maximum Gasteiger partial charge on any atom is 0.0968 e. The molecule has 0 aliphatic carbocycles. The number of hydrogen-bond acceptors (Lipinski definition) is 0. The SMILES string of the molecule is C\C=C/C=C(C)/C(C)=C/C=C(\C)F. The van der Waals surface area contributed by atoms with Gasteiger partial charge in [-0.25, -0.2) is 4.39 Å². The molecule has 0 rings (SSSR count). The van der Waals surface area contributed by atoms with Gasteiger partial charge in [0.05, 0.1) is 5.83 Å². The van der Waals surface area contributed by atoms with Crippen LogP contribution in [0.25, 0.3) is 0 Å². The molecule has 0 N–H and O–H groups in total. The highest BCUT2D eigenvalue weighted by Gasteiger charge is 1.89. The third kappa shape index (κ3) is 6.09. The summed E-state index contributed by atoms with van der Waals surface area (Å²) < 4.78 is 12.4. The second kappa shape index (κ2) is 6.41. The Labute approximate surface area is 80.2 Å². The highest BCUT2D eigenvalue weighted by atomic mass is 19.1. The molecular formula is C12H17F. The number of allylic oxidation sites excluding steroid dienone is 8. The smallest absolute Gasteiger partial charge is 0.0968 e. The van der Waals surface area contributed by atoms with Crippen molar-refractivity contribution in [1.29, 1.82) is 0 Å². The van der Waals surface area contributed by atoms with Gasteiger partial charge in [0.25, 0.3) is 0 Å². The summed E-state index contributed by atoms with van der Waals surface area (Å²) in [5.41, 5.74) is 2.23. The van der Waals surface area contributed by atoms with E-state index in [4.69, 9.17) is 0 Å². The minimum absolute atomic E-state index is 0.168. The van der Waals surface area contributed by atoms with Crippen LogP contribution in [0.3, 0.4) is 0 Å². The molecule has 0 unspecified atom stereocenters. The fraction of sp³-hybridized carbons (Fsp3) is 0.333. The van der Waals surface area contributed by atoms with Gasteiger partial charge in [-0.2, -0.15) is 0 Å². The second-order valence-electron chi connectivity index (χ2n) is 2.98. The molecule has 1 heteroatoms. The van der Waals surface area contributed by atoms with Crippen molar-refractivity contribution in [2.24, 2.45) is 0 Å². The van der Waals surface area contributed by atoms with Crippen molar-refractivity contribution in [2.75, 3.05) is 0 Å². The Bertz CT molecular complexity index is 261. The van der Waals surface area contributed by atoms with Crippen molar-refractivity contribution in [3.05, 3.63) is 47.4 Å². The summed E-state index contributed by atoms with van der Waals surface area (Å²) >= 11 is 0. The Morgan fingerprint density at radius 1 is 0.923 bits per heavy atom. The van der Waals surface area contributed by atoms with Crippen LogP contribution in [0.15, 0.2) is 47.4 Å². The van der Waals surface area contributed by atoms with Gasteiger partial charge in [-0.1, -0.05) is 24.3 Å². The standard InChI is InChI=1S/C12H17F/c1-5-6-7-10(2)11(3)8-9-12(4)13/h5-9H,1-4H3/b6-5-,10-7+,11-8+,12-9+. The molecule has 0 amide bonds. The number of halogens is 1. The number of rotatable bonds is 3. The lowest BCUT2D eigenvalue weighted by atomic mass is 10.1. The molecule has 0 aromatic rings. The number of hydrogen-bond donors (Lipinski definition) is 0. The lowest BCUT2D eigenvalue weighted by Gasteiger charge is -1.97. The molecule has 0 aromatic carbocycles. The van der Waals surface area contributed by atoms with Gasteiger partial charge in [-0.05, 0) is 44.9 Å². The van der Waals surface area contributed by atoms with Gasteiger partial charge in [-0.15, -0.1) is 0 Å². The molecule has 72 valence electrons. The zero-order valence-corrected chi connectivity index (χ0v) is 8.76. The molecule has 0 radical (unpaired) electrons. The van der Waals surface area contributed by atoms with Crippen LogP contribution in [0, 0.1) is 0 Å². The van der Waals surface area contributed by atoms with Crippen LogP contribution in [0.5, 0.6) is 0 Å². The Kier molecular flexibility index (Phi) is 5.86. The van der Waals surface area contributed by atoms with E-state index in [1.165, 1.54) is 13.0 Å². The molecule has 0 fully saturated rings. The maximum atomic E-state index is 12.4. The molecule has 0 nitrogen and oxygen atoms in total.